The van der Waals surface area contributed by atoms with Gasteiger partial charge >= 0.3 is 6.18 Å². The van der Waals surface area contributed by atoms with Gasteiger partial charge in [-0.25, -0.2) is 4.68 Å². The molecule has 1 aliphatic rings. The molecule has 0 spiro atoms. The van der Waals surface area contributed by atoms with Gasteiger partial charge in [0.05, 0.1) is 34.1 Å². The zero-order chi connectivity index (χ0) is 27.7. The number of amides is 1. The monoisotopic (exact) mass is 574 g/mol. The van der Waals surface area contributed by atoms with Crippen molar-refractivity contribution in [3.05, 3.63) is 94.1 Å². The highest BCUT2D eigenvalue weighted by Crippen LogP contribution is 2.32. The Balaban J connectivity index is 1.43. The number of methoxy groups -OCH3 is 1. The average molecular weight is 575 g/mol. The Labute approximate surface area is 233 Å². The molecule has 1 aromatic heterocycles. The lowest BCUT2D eigenvalue weighted by molar-refractivity contribution is -0.137. The zero-order valence-corrected chi connectivity index (χ0v) is 22.3. The van der Waals surface area contributed by atoms with Gasteiger partial charge in [-0.1, -0.05) is 41.4 Å². The minimum atomic E-state index is -4.42. The molecule has 0 N–H and O–H groups in total. The summed E-state index contributed by atoms with van der Waals surface area (Å²) in [7, 11) is 1.57. The number of aromatic nitrogens is 2. The maximum absolute atomic E-state index is 13.8. The number of carbonyl (C=O) groups excluding carboxylic acids is 1. The maximum Gasteiger partial charge on any atom is 0.416 e. The van der Waals surface area contributed by atoms with Gasteiger partial charge in [0.15, 0.2) is 0 Å². The number of alkyl halides is 3. The van der Waals surface area contributed by atoms with Crippen LogP contribution in [0.1, 0.15) is 16.1 Å². The Hall–Kier alpha value is -3.69. The lowest BCUT2D eigenvalue weighted by Crippen LogP contribution is -2.49. The molecule has 0 atom stereocenters. The molecule has 0 saturated carbocycles. The van der Waals surface area contributed by atoms with Crippen LogP contribution >= 0.6 is 23.2 Å². The van der Waals surface area contributed by atoms with Crippen molar-refractivity contribution in [1.29, 1.82) is 0 Å². The molecule has 2 heterocycles. The Kier molecular flexibility index (Phi) is 7.46. The molecule has 6 nitrogen and oxygen atoms in total. The summed E-state index contributed by atoms with van der Waals surface area (Å²) < 4.78 is 46.4. The van der Waals surface area contributed by atoms with Crippen LogP contribution in [0.3, 0.4) is 0 Å². The van der Waals surface area contributed by atoms with Crippen LogP contribution in [0.4, 0.5) is 18.9 Å². The highest BCUT2D eigenvalue weighted by atomic mass is 35.5. The van der Waals surface area contributed by atoms with E-state index in [-0.39, 0.29) is 5.91 Å². The van der Waals surface area contributed by atoms with E-state index in [1.165, 1.54) is 10.7 Å². The van der Waals surface area contributed by atoms with Crippen LogP contribution in [0.15, 0.2) is 72.8 Å². The van der Waals surface area contributed by atoms with Gasteiger partial charge in [0.1, 0.15) is 11.4 Å². The van der Waals surface area contributed by atoms with Gasteiger partial charge in [0, 0.05) is 37.4 Å². The van der Waals surface area contributed by atoms with Crippen molar-refractivity contribution < 1.29 is 22.7 Å². The molecule has 0 radical (unpaired) electrons. The minimum Gasteiger partial charge on any atom is -0.497 e. The lowest BCUT2D eigenvalue weighted by Gasteiger charge is -2.36. The van der Waals surface area contributed by atoms with Gasteiger partial charge in [-0.3, -0.25) is 4.79 Å². The van der Waals surface area contributed by atoms with Gasteiger partial charge in [0.25, 0.3) is 5.91 Å². The highest BCUT2D eigenvalue weighted by molar-refractivity contribution is 6.42. The normalized spacial score (nSPS) is 14.0. The summed E-state index contributed by atoms with van der Waals surface area (Å²) in [5.74, 6) is 0.390. The van der Waals surface area contributed by atoms with Crippen LogP contribution in [-0.2, 0) is 6.18 Å². The Morgan fingerprint density at radius 1 is 0.872 bits per heavy atom. The summed E-state index contributed by atoms with van der Waals surface area (Å²) in [5, 5.41) is 5.40. The fourth-order valence-electron chi connectivity index (χ4n) is 4.48. The molecule has 1 fully saturated rings. The van der Waals surface area contributed by atoms with Crippen molar-refractivity contribution in [2.24, 2.45) is 0 Å². The summed E-state index contributed by atoms with van der Waals surface area (Å²) >= 11 is 12.4. The number of hydrogen-bond acceptors (Lipinski definition) is 4. The Morgan fingerprint density at radius 3 is 2.31 bits per heavy atom. The van der Waals surface area contributed by atoms with E-state index in [1.54, 1.807) is 42.3 Å². The first-order valence-electron chi connectivity index (χ1n) is 12.1. The molecule has 4 aromatic rings. The predicted octanol–water partition coefficient (Wildman–Crippen LogP) is 6.84. The number of halogens is 5. The van der Waals surface area contributed by atoms with Crippen molar-refractivity contribution in [3.63, 3.8) is 0 Å². The number of piperazine rings is 1. The van der Waals surface area contributed by atoms with Crippen LogP contribution in [0.25, 0.3) is 16.9 Å². The highest BCUT2D eigenvalue weighted by Gasteiger charge is 2.32. The summed E-state index contributed by atoms with van der Waals surface area (Å²) in [6.45, 7) is 1.43. The molecule has 11 heteroatoms. The molecule has 1 saturated heterocycles. The van der Waals surface area contributed by atoms with E-state index in [4.69, 9.17) is 33.0 Å². The molecule has 0 bridgehead atoms. The maximum atomic E-state index is 13.8. The van der Waals surface area contributed by atoms with E-state index in [2.05, 4.69) is 0 Å². The second-order valence-electron chi connectivity index (χ2n) is 8.98. The lowest BCUT2D eigenvalue weighted by atomic mass is 10.1. The smallest absolute Gasteiger partial charge is 0.416 e. The van der Waals surface area contributed by atoms with E-state index >= 15 is 0 Å². The second kappa shape index (κ2) is 10.8. The van der Waals surface area contributed by atoms with E-state index in [0.29, 0.717) is 64.7 Å². The first-order valence-corrected chi connectivity index (χ1v) is 12.8. The third-order valence-electron chi connectivity index (χ3n) is 6.55. The molecule has 5 rings (SSSR count). The van der Waals surface area contributed by atoms with E-state index in [9.17, 15) is 18.0 Å². The van der Waals surface area contributed by atoms with Crippen molar-refractivity contribution in [3.8, 4) is 22.7 Å². The second-order valence-corrected chi connectivity index (χ2v) is 9.80. The SMILES string of the molecule is COc1cccc(-c2cc(C(=O)N3CCN(c4cccc(C(F)(F)F)c4)CC3)n(-c3ccc(Cl)c(Cl)c3)n2)c1. The van der Waals surface area contributed by atoms with Crippen LogP contribution in [-0.4, -0.2) is 53.9 Å². The first-order chi connectivity index (χ1) is 18.6. The van der Waals surface area contributed by atoms with E-state index < -0.39 is 11.7 Å². The van der Waals surface area contributed by atoms with Crippen LogP contribution in [0, 0.1) is 0 Å². The van der Waals surface area contributed by atoms with Gasteiger partial charge in [-0.2, -0.15) is 18.3 Å². The summed E-state index contributed by atoms with van der Waals surface area (Å²) in [4.78, 5) is 17.3. The number of anilines is 1. The van der Waals surface area contributed by atoms with Crippen LogP contribution < -0.4 is 9.64 Å². The average Bonchev–Trinajstić information content (AvgIpc) is 3.39. The van der Waals surface area contributed by atoms with Crippen molar-refractivity contribution in [2.45, 2.75) is 6.18 Å². The molecule has 0 aliphatic carbocycles. The summed E-state index contributed by atoms with van der Waals surface area (Å²) in [5.41, 5.74) is 1.97. The summed E-state index contributed by atoms with van der Waals surface area (Å²) in [6.07, 6.45) is -4.42. The number of ether oxygens (including phenoxy) is 1. The van der Waals surface area contributed by atoms with E-state index in [1.807, 2.05) is 29.2 Å². The molecule has 202 valence electrons. The van der Waals surface area contributed by atoms with Gasteiger partial charge < -0.3 is 14.5 Å². The fraction of sp³-hybridized carbons (Fsp3) is 0.214. The Bertz CT molecular complexity index is 1510. The summed E-state index contributed by atoms with van der Waals surface area (Å²) in [6, 6.07) is 19.3. The fourth-order valence-corrected chi connectivity index (χ4v) is 4.77. The molecule has 1 amide bonds. The minimum absolute atomic E-state index is 0.258. The topological polar surface area (TPSA) is 50.6 Å². The largest absolute Gasteiger partial charge is 0.497 e. The van der Waals surface area contributed by atoms with Crippen molar-refractivity contribution in [2.75, 3.05) is 38.2 Å². The van der Waals surface area contributed by atoms with Crippen molar-refractivity contribution in [1.82, 2.24) is 14.7 Å². The third-order valence-corrected chi connectivity index (χ3v) is 7.29. The predicted molar refractivity (Wildman–Crippen MR) is 145 cm³/mol. The number of hydrogen-bond donors (Lipinski definition) is 0. The number of carbonyl (C=O) groups is 1. The Morgan fingerprint density at radius 2 is 1.62 bits per heavy atom. The third kappa shape index (κ3) is 5.69. The standard InChI is InChI=1S/C28H23Cl2F3N4O2/c1-39-22-7-2-4-18(14-22)25-17-26(37(34-25)21-8-9-23(29)24(30)16-21)27(38)36-12-10-35(11-13-36)20-6-3-5-19(15-20)28(31,32)33/h2-9,14-17H,10-13H2,1H3. The molecule has 3 aromatic carbocycles. The molecular weight excluding hydrogens is 552 g/mol. The van der Waals surface area contributed by atoms with Gasteiger partial charge in [0.2, 0.25) is 0 Å². The molecule has 0 unspecified atom stereocenters. The molecule has 39 heavy (non-hydrogen) atoms. The number of rotatable bonds is 5. The van der Waals surface area contributed by atoms with Gasteiger partial charge in [-0.05, 0) is 54.6 Å². The zero-order valence-electron chi connectivity index (χ0n) is 20.8. The molecular formula is C28H23Cl2F3N4O2. The van der Waals surface area contributed by atoms with Crippen LogP contribution in [0.2, 0.25) is 10.0 Å². The first kappa shape index (κ1) is 26.9. The van der Waals surface area contributed by atoms with E-state index in [0.717, 1.165) is 17.7 Å². The van der Waals surface area contributed by atoms with Crippen molar-refractivity contribution >= 4 is 34.8 Å². The molecule has 1 aliphatic heterocycles. The number of nitrogens with zero attached hydrogens (tertiary/aromatic N) is 4. The van der Waals surface area contributed by atoms with Gasteiger partial charge in [-0.15, -0.1) is 0 Å². The van der Waals surface area contributed by atoms with Crippen LogP contribution in [0.5, 0.6) is 5.75 Å². The number of benzene rings is 3. The quantitative estimate of drug-likeness (QED) is 0.262.